The van der Waals surface area contributed by atoms with E-state index in [1.54, 1.807) is 38.2 Å². The molecule has 1 heterocycles. The molecule has 0 radical (unpaired) electrons. The fourth-order valence-electron chi connectivity index (χ4n) is 4.83. The standard InChI is InChI=1S/C30H33FN2O4/c1-20-5-4-6-25(31)29(20)30(35)33-17-15-23(16-18-33)22-9-11-24(12-10-22)32-28(34)14-8-21-7-13-26(36-2)27(19-21)37-3/h4-7,9-13,19,23H,8,14-18H2,1-3H3,(H,32,34). The van der Waals surface area contributed by atoms with E-state index in [-0.39, 0.29) is 17.4 Å². The zero-order valence-corrected chi connectivity index (χ0v) is 21.6. The summed E-state index contributed by atoms with van der Waals surface area (Å²) in [6.45, 7) is 2.94. The number of halogens is 1. The molecule has 0 bridgehead atoms. The van der Waals surface area contributed by atoms with E-state index in [2.05, 4.69) is 5.32 Å². The number of piperidine rings is 1. The number of ether oxygens (including phenoxy) is 2. The molecule has 6 nitrogen and oxygen atoms in total. The van der Waals surface area contributed by atoms with Crippen LogP contribution >= 0.6 is 0 Å². The molecule has 194 valence electrons. The molecule has 2 amide bonds. The Hall–Kier alpha value is -3.87. The van der Waals surface area contributed by atoms with Gasteiger partial charge in [-0.2, -0.15) is 0 Å². The lowest BCUT2D eigenvalue weighted by molar-refractivity contribution is -0.116. The molecule has 3 aromatic carbocycles. The summed E-state index contributed by atoms with van der Waals surface area (Å²) >= 11 is 0. The number of nitrogens with zero attached hydrogens (tertiary/aromatic N) is 1. The van der Waals surface area contributed by atoms with E-state index in [0.717, 1.165) is 24.1 Å². The molecule has 0 saturated carbocycles. The van der Waals surface area contributed by atoms with Crippen molar-refractivity contribution in [3.8, 4) is 11.5 Å². The summed E-state index contributed by atoms with van der Waals surface area (Å²) in [6, 6.07) is 18.3. The Balaban J connectivity index is 1.27. The molecule has 0 aromatic heterocycles. The van der Waals surface area contributed by atoms with Crippen molar-refractivity contribution in [3.05, 3.63) is 88.7 Å². The first kappa shape index (κ1) is 26.2. The summed E-state index contributed by atoms with van der Waals surface area (Å²) in [6.07, 6.45) is 2.58. The van der Waals surface area contributed by atoms with Crippen molar-refractivity contribution in [1.82, 2.24) is 4.90 Å². The van der Waals surface area contributed by atoms with E-state index in [4.69, 9.17) is 9.47 Å². The fraction of sp³-hybridized carbons (Fsp3) is 0.333. The smallest absolute Gasteiger partial charge is 0.257 e. The number of aryl methyl sites for hydroxylation is 2. The quantitative estimate of drug-likeness (QED) is 0.425. The Kier molecular flexibility index (Phi) is 8.43. The average Bonchev–Trinajstić information content (AvgIpc) is 2.92. The molecule has 0 atom stereocenters. The molecule has 37 heavy (non-hydrogen) atoms. The van der Waals surface area contributed by atoms with Crippen LogP contribution in [0.15, 0.2) is 60.7 Å². The molecular weight excluding hydrogens is 471 g/mol. The van der Waals surface area contributed by atoms with Crippen molar-refractivity contribution in [3.63, 3.8) is 0 Å². The van der Waals surface area contributed by atoms with Crippen molar-refractivity contribution in [2.75, 3.05) is 32.6 Å². The van der Waals surface area contributed by atoms with Crippen molar-refractivity contribution < 1.29 is 23.5 Å². The van der Waals surface area contributed by atoms with E-state index in [9.17, 15) is 14.0 Å². The van der Waals surface area contributed by atoms with Crippen LogP contribution in [0.3, 0.4) is 0 Å². The van der Waals surface area contributed by atoms with Gasteiger partial charge in [-0.05, 0) is 79.1 Å². The normalized spacial score (nSPS) is 13.8. The zero-order chi connectivity index (χ0) is 26.4. The van der Waals surface area contributed by atoms with Gasteiger partial charge in [0.15, 0.2) is 11.5 Å². The summed E-state index contributed by atoms with van der Waals surface area (Å²) in [5, 5.41) is 2.96. The summed E-state index contributed by atoms with van der Waals surface area (Å²) in [5.41, 5.74) is 3.76. The molecule has 0 aliphatic carbocycles. The van der Waals surface area contributed by atoms with E-state index in [0.29, 0.717) is 48.9 Å². The second kappa shape index (κ2) is 11.9. The van der Waals surface area contributed by atoms with Crippen LogP contribution in [0.25, 0.3) is 0 Å². The van der Waals surface area contributed by atoms with Gasteiger partial charge in [-0.25, -0.2) is 4.39 Å². The van der Waals surface area contributed by atoms with Gasteiger partial charge in [0.1, 0.15) is 5.82 Å². The molecule has 1 N–H and O–H groups in total. The number of rotatable bonds is 8. The predicted molar refractivity (Wildman–Crippen MR) is 142 cm³/mol. The molecule has 7 heteroatoms. The third-order valence-corrected chi connectivity index (χ3v) is 6.97. The molecule has 4 rings (SSSR count). The van der Waals surface area contributed by atoms with E-state index in [1.165, 1.54) is 11.6 Å². The van der Waals surface area contributed by atoms with Crippen LogP contribution in [-0.4, -0.2) is 44.0 Å². The van der Waals surface area contributed by atoms with Gasteiger partial charge in [-0.3, -0.25) is 9.59 Å². The second-order valence-corrected chi connectivity index (χ2v) is 9.36. The molecule has 1 fully saturated rings. The van der Waals surface area contributed by atoms with Crippen LogP contribution in [0, 0.1) is 12.7 Å². The highest BCUT2D eigenvalue weighted by Crippen LogP contribution is 2.31. The number of anilines is 1. The highest BCUT2D eigenvalue weighted by atomic mass is 19.1. The van der Waals surface area contributed by atoms with Crippen molar-refractivity contribution in [1.29, 1.82) is 0 Å². The summed E-state index contributed by atoms with van der Waals surface area (Å²) < 4.78 is 24.8. The Morgan fingerprint density at radius 3 is 2.32 bits per heavy atom. The minimum Gasteiger partial charge on any atom is -0.493 e. The van der Waals surface area contributed by atoms with Gasteiger partial charge in [0.25, 0.3) is 5.91 Å². The zero-order valence-electron chi connectivity index (χ0n) is 21.6. The second-order valence-electron chi connectivity index (χ2n) is 9.36. The van der Waals surface area contributed by atoms with Crippen LogP contribution in [0.2, 0.25) is 0 Å². The fourth-order valence-corrected chi connectivity index (χ4v) is 4.83. The maximum atomic E-state index is 14.2. The molecule has 3 aromatic rings. The largest absolute Gasteiger partial charge is 0.493 e. The maximum Gasteiger partial charge on any atom is 0.257 e. The van der Waals surface area contributed by atoms with Gasteiger partial charge in [-0.1, -0.05) is 30.3 Å². The van der Waals surface area contributed by atoms with Crippen LogP contribution in [0.4, 0.5) is 10.1 Å². The van der Waals surface area contributed by atoms with E-state index < -0.39 is 5.82 Å². The highest BCUT2D eigenvalue weighted by Gasteiger charge is 2.27. The number of nitrogens with one attached hydrogen (secondary N) is 1. The first-order valence-corrected chi connectivity index (χ1v) is 12.5. The predicted octanol–water partition coefficient (Wildman–Crippen LogP) is 5.74. The Labute approximate surface area is 217 Å². The Morgan fingerprint density at radius 2 is 1.68 bits per heavy atom. The minimum absolute atomic E-state index is 0.0576. The van der Waals surface area contributed by atoms with Gasteiger partial charge in [-0.15, -0.1) is 0 Å². The summed E-state index contributed by atoms with van der Waals surface area (Å²) in [5.74, 6) is 0.869. The first-order valence-electron chi connectivity index (χ1n) is 12.5. The van der Waals surface area contributed by atoms with Crippen molar-refractivity contribution in [2.24, 2.45) is 0 Å². The SMILES string of the molecule is COc1ccc(CCC(=O)Nc2ccc(C3CCN(C(=O)c4c(C)cccc4F)CC3)cc2)cc1OC. The third-order valence-electron chi connectivity index (χ3n) is 6.97. The monoisotopic (exact) mass is 504 g/mol. The summed E-state index contributed by atoms with van der Waals surface area (Å²) in [7, 11) is 3.18. The highest BCUT2D eigenvalue weighted by molar-refractivity contribution is 5.96. The number of hydrogen-bond acceptors (Lipinski definition) is 4. The van der Waals surface area contributed by atoms with Crippen LogP contribution in [0.1, 0.15) is 52.2 Å². The van der Waals surface area contributed by atoms with Gasteiger partial charge in [0, 0.05) is 25.2 Å². The lowest BCUT2D eigenvalue weighted by atomic mass is 9.89. The lowest BCUT2D eigenvalue weighted by Crippen LogP contribution is -2.38. The van der Waals surface area contributed by atoms with Gasteiger partial charge >= 0.3 is 0 Å². The van der Waals surface area contributed by atoms with Crippen molar-refractivity contribution in [2.45, 2.75) is 38.5 Å². The number of carbonyl (C=O) groups is 2. The lowest BCUT2D eigenvalue weighted by Gasteiger charge is -2.32. The molecule has 1 aliphatic rings. The molecule has 0 unspecified atom stereocenters. The number of methoxy groups -OCH3 is 2. The van der Waals surface area contributed by atoms with Crippen molar-refractivity contribution >= 4 is 17.5 Å². The first-order chi connectivity index (χ1) is 17.9. The number of amides is 2. The van der Waals surface area contributed by atoms with E-state index in [1.807, 2.05) is 42.5 Å². The number of likely N-dealkylation sites (tertiary alicyclic amines) is 1. The van der Waals surface area contributed by atoms with Gasteiger partial charge in [0.2, 0.25) is 5.91 Å². The van der Waals surface area contributed by atoms with Crippen LogP contribution in [0.5, 0.6) is 11.5 Å². The number of hydrogen-bond donors (Lipinski definition) is 1. The van der Waals surface area contributed by atoms with Gasteiger partial charge < -0.3 is 19.7 Å². The third kappa shape index (κ3) is 6.28. The molecule has 1 saturated heterocycles. The number of carbonyl (C=O) groups excluding carboxylic acids is 2. The summed E-state index contributed by atoms with van der Waals surface area (Å²) in [4.78, 5) is 27.1. The molecular formula is C30H33FN2O4. The Morgan fingerprint density at radius 1 is 0.973 bits per heavy atom. The van der Waals surface area contributed by atoms with Crippen LogP contribution in [-0.2, 0) is 11.2 Å². The van der Waals surface area contributed by atoms with Crippen LogP contribution < -0.4 is 14.8 Å². The average molecular weight is 505 g/mol. The molecule has 0 spiro atoms. The van der Waals surface area contributed by atoms with E-state index >= 15 is 0 Å². The number of benzene rings is 3. The minimum atomic E-state index is -0.464. The molecule has 1 aliphatic heterocycles. The topological polar surface area (TPSA) is 67.9 Å². The maximum absolute atomic E-state index is 14.2. The van der Waals surface area contributed by atoms with Gasteiger partial charge in [0.05, 0.1) is 19.8 Å². The Bertz CT molecular complexity index is 1230.